The summed E-state index contributed by atoms with van der Waals surface area (Å²) in [6, 6.07) is 19.4. The molecular formula is C38H36N12O10S. The van der Waals surface area contributed by atoms with Crippen molar-refractivity contribution in [1.29, 1.82) is 0 Å². The zero-order chi connectivity index (χ0) is 44.3. The fourth-order valence-corrected chi connectivity index (χ4v) is 6.22. The number of nitrogen functional groups attached to an aromatic ring is 2. The van der Waals surface area contributed by atoms with Crippen LogP contribution in [0.5, 0.6) is 5.75 Å². The number of sulfonamides is 1. The van der Waals surface area contributed by atoms with Crippen molar-refractivity contribution in [3.8, 4) is 5.75 Å². The van der Waals surface area contributed by atoms with Crippen LogP contribution >= 0.6 is 0 Å². The third-order valence-corrected chi connectivity index (χ3v) is 9.63. The molecule has 10 N–H and O–H groups in total. The number of benzene rings is 3. The second kappa shape index (κ2) is 19.4. The summed E-state index contributed by atoms with van der Waals surface area (Å²) in [4.78, 5) is 67.6. The molecule has 0 unspecified atom stereocenters. The SMILES string of the molecule is CN(Cc1cnc2nc(N)nc(N)c2n1)c1ccc(C(=O)N[C@@H](CCC(=O)O)C(=O)O)cc1.O=C(O)c1cc(N=Nc2ccc(S(=O)(=O)Nc3ccccn3)cc2)ccc1O. The van der Waals surface area contributed by atoms with Crippen LogP contribution in [-0.2, 0) is 26.2 Å². The van der Waals surface area contributed by atoms with Crippen molar-refractivity contribution in [1.82, 2.24) is 30.2 Å². The number of carboxylic acids is 3. The molecule has 3 aromatic heterocycles. The molecule has 0 aliphatic carbocycles. The number of carbonyl (C=O) groups is 4. The van der Waals surface area contributed by atoms with E-state index in [1.54, 1.807) is 30.5 Å². The van der Waals surface area contributed by atoms with Gasteiger partial charge in [0, 0.05) is 30.9 Å². The number of phenols is 1. The van der Waals surface area contributed by atoms with Crippen LogP contribution in [0.4, 0.5) is 34.6 Å². The molecule has 0 saturated heterocycles. The Morgan fingerprint density at radius 3 is 2.18 bits per heavy atom. The van der Waals surface area contributed by atoms with E-state index in [4.69, 9.17) is 21.7 Å². The Labute approximate surface area is 345 Å². The summed E-state index contributed by atoms with van der Waals surface area (Å²) < 4.78 is 27.0. The zero-order valence-electron chi connectivity index (χ0n) is 31.8. The minimum Gasteiger partial charge on any atom is -0.507 e. The van der Waals surface area contributed by atoms with Crippen LogP contribution in [0.2, 0.25) is 0 Å². The molecule has 3 aromatic carbocycles. The van der Waals surface area contributed by atoms with E-state index in [9.17, 15) is 37.8 Å². The lowest BCUT2D eigenvalue weighted by atomic mass is 10.1. The quantitative estimate of drug-likeness (QED) is 0.0677. The van der Waals surface area contributed by atoms with Gasteiger partial charge >= 0.3 is 17.9 Å². The first-order chi connectivity index (χ1) is 29.0. The Bertz CT molecular complexity index is 2710. The molecule has 314 valence electrons. The number of aromatic nitrogens is 5. The standard InChI is InChI=1S/C20H22N8O5.C18H14N4O5S/c1-28(9-11-8-23-17-15(24-11)16(21)26-20(22)27-17)12-4-2-10(3-5-12)18(31)25-13(19(32)33)6-7-14(29)30;23-16-9-6-13(11-15(16)18(24)25)21-20-12-4-7-14(8-5-12)28(26,27)22-17-3-1-2-10-19-17/h2-5,8,13H,6-7,9H2,1H3,(H,25,31)(H,29,30)(H,32,33)(H4,21,22,23,26,27);1-11,23H,(H,19,22)(H,24,25)/t13-;/m0./s1. The number of carbonyl (C=O) groups excluding carboxylic acids is 1. The van der Waals surface area contributed by atoms with Gasteiger partial charge in [-0.25, -0.2) is 33.0 Å². The molecule has 6 rings (SSSR count). The Morgan fingerprint density at radius 1 is 0.852 bits per heavy atom. The van der Waals surface area contributed by atoms with Gasteiger partial charge in [-0.2, -0.15) is 20.2 Å². The number of carboxylic acid groups (broad SMARTS) is 3. The minimum absolute atomic E-state index is 0.0138. The summed E-state index contributed by atoms with van der Waals surface area (Å²) in [7, 11) is -1.98. The van der Waals surface area contributed by atoms with Crippen LogP contribution in [0.25, 0.3) is 11.2 Å². The molecular weight excluding hydrogens is 817 g/mol. The number of nitrogens with two attached hydrogens (primary N) is 2. The number of aromatic carboxylic acids is 1. The van der Waals surface area contributed by atoms with E-state index in [1.165, 1.54) is 66.9 Å². The Morgan fingerprint density at radius 2 is 1.54 bits per heavy atom. The number of hydrogen-bond acceptors (Lipinski definition) is 17. The molecule has 6 aromatic rings. The van der Waals surface area contributed by atoms with Gasteiger partial charge in [0.1, 0.15) is 23.2 Å². The second-order valence-electron chi connectivity index (χ2n) is 12.7. The van der Waals surface area contributed by atoms with Crippen LogP contribution in [0.15, 0.2) is 112 Å². The fourth-order valence-electron chi connectivity index (χ4n) is 5.21. The topological polar surface area (TPSA) is 352 Å². The first-order valence-corrected chi connectivity index (χ1v) is 19.1. The van der Waals surface area contributed by atoms with Gasteiger partial charge in [-0.1, -0.05) is 6.07 Å². The van der Waals surface area contributed by atoms with Gasteiger partial charge in [-0.15, -0.1) is 0 Å². The molecule has 0 fully saturated rings. The summed E-state index contributed by atoms with van der Waals surface area (Å²) >= 11 is 0. The van der Waals surface area contributed by atoms with E-state index >= 15 is 0 Å². The Balaban J connectivity index is 0.000000234. The van der Waals surface area contributed by atoms with Crippen LogP contribution in [0.3, 0.4) is 0 Å². The van der Waals surface area contributed by atoms with Crippen molar-refractivity contribution in [3.63, 3.8) is 0 Å². The lowest BCUT2D eigenvalue weighted by Crippen LogP contribution is -2.41. The number of rotatable bonds is 15. The van der Waals surface area contributed by atoms with Crippen molar-refractivity contribution in [2.24, 2.45) is 10.2 Å². The zero-order valence-corrected chi connectivity index (χ0v) is 32.6. The van der Waals surface area contributed by atoms with Gasteiger partial charge in [-0.3, -0.25) is 14.3 Å². The van der Waals surface area contributed by atoms with E-state index in [0.29, 0.717) is 29.1 Å². The lowest BCUT2D eigenvalue weighted by molar-refractivity contribution is -0.140. The van der Waals surface area contributed by atoms with Crippen molar-refractivity contribution in [3.05, 3.63) is 114 Å². The molecule has 23 heteroatoms. The van der Waals surface area contributed by atoms with E-state index in [1.807, 2.05) is 11.9 Å². The molecule has 0 aliphatic rings. The largest absolute Gasteiger partial charge is 0.507 e. The fraction of sp³-hybridized carbons (Fsp3) is 0.132. The first-order valence-electron chi connectivity index (χ1n) is 17.6. The van der Waals surface area contributed by atoms with Gasteiger partial charge in [0.25, 0.3) is 15.9 Å². The average Bonchev–Trinajstić information content (AvgIpc) is 3.22. The number of azo groups is 1. The monoisotopic (exact) mass is 852 g/mol. The number of anilines is 4. The normalized spacial score (nSPS) is 11.6. The number of aromatic hydroxyl groups is 1. The number of hydrogen-bond donors (Lipinski definition) is 8. The van der Waals surface area contributed by atoms with Gasteiger partial charge in [0.05, 0.1) is 34.7 Å². The summed E-state index contributed by atoms with van der Waals surface area (Å²) in [5, 5.41) is 46.6. The number of amides is 1. The van der Waals surface area contributed by atoms with Gasteiger partial charge in [0.2, 0.25) is 5.95 Å². The van der Waals surface area contributed by atoms with Crippen molar-refractivity contribution >= 4 is 79.6 Å². The van der Waals surface area contributed by atoms with E-state index in [0.717, 1.165) is 5.69 Å². The van der Waals surface area contributed by atoms with E-state index in [-0.39, 0.29) is 57.9 Å². The molecule has 0 saturated carbocycles. The lowest BCUT2D eigenvalue weighted by Gasteiger charge is -2.19. The molecule has 3 heterocycles. The van der Waals surface area contributed by atoms with Gasteiger partial charge in [-0.05, 0) is 85.3 Å². The van der Waals surface area contributed by atoms with E-state index < -0.39 is 39.9 Å². The average molecular weight is 853 g/mol. The van der Waals surface area contributed by atoms with Gasteiger partial charge < -0.3 is 42.1 Å². The summed E-state index contributed by atoms with van der Waals surface area (Å²) in [6.45, 7) is 0.370. The molecule has 61 heavy (non-hydrogen) atoms. The Kier molecular flexibility index (Phi) is 13.9. The van der Waals surface area contributed by atoms with E-state index in [2.05, 4.69) is 45.2 Å². The maximum absolute atomic E-state index is 12.4. The first kappa shape index (κ1) is 43.8. The van der Waals surface area contributed by atoms with Crippen LogP contribution < -0.4 is 26.4 Å². The predicted molar refractivity (Wildman–Crippen MR) is 219 cm³/mol. The third-order valence-electron chi connectivity index (χ3n) is 8.26. The highest BCUT2D eigenvalue weighted by atomic mass is 32.2. The molecule has 0 aliphatic heterocycles. The summed E-state index contributed by atoms with van der Waals surface area (Å²) in [6.07, 6.45) is 2.44. The molecule has 22 nitrogen and oxygen atoms in total. The number of nitrogens with zero attached hydrogens (tertiary/aromatic N) is 8. The van der Waals surface area contributed by atoms with Crippen LogP contribution in [-0.4, -0.2) is 90.7 Å². The molecule has 1 amide bonds. The number of aliphatic carboxylic acids is 2. The van der Waals surface area contributed by atoms with Crippen molar-refractivity contribution in [2.45, 2.75) is 30.3 Å². The molecule has 1 atom stereocenters. The predicted octanol–water partition coefficient (Wildman–Crippen LogP) is 3.97. The summed E-state index contributed by atoms with van der Waals surface area (Å²) in [5.41, 5.74) is 14.0. The van der Waals surface area contributed by atoms with Crippen molar-refractivity contribution < 1.29 is 48.0 Å². The maximum Gasteiger partial charge on any atom is 0.339 e. The second-order valence-corrected chi connectivity index (χ2v) is 14.4. The number of nitrogens with one attached hydrogen (secondary N) is 2. The maximum atomic E-state index is 12.4. The summed E-state index contributed by atoms with van der Waals surface area (Å²) in [5.74, 6) is -4.37. The Hall–Kier alpha value is -8.34. The van der Waals surface area contributed by atoms with Gasteiger partial charge in [0.15, 0.2) is 17.0 Å². The number of pyridine rings is 1. The minimum atomic E-state index is -3.79. The van der Waals surface area contributed by atoms with Crippen molar-refractivity contribution in [2.75, 3.05) is 28.1 Å². The molecule has 0 bridgehead atoms. The highest BCUT2D eigenvalue weighted by molar-refractivity contribution is 7.92. The smallest absolute Gasteiger partial charge is 0.339 e. The number of fused-ring (bicyclic) bond motifs is 1. The molecule has 0 spiro atoms. The highest BCUT2D eigenvalue weighted by Crippen LogP contribution is 2.26. The highest BCUT2D eigenvalue weighted by Gasteiger charge is 2.22. The van der Waals surface area contributed by atoms with Crippen LogP contribution in [0, 0.1) is 0 Å². The third kappa shape index (κ3) is 12.1. The molecule has 0 radical (unpaired) electrons. The van der Waals surface area contributed by atoms with Crippen LogP contribution in [0.1, 0.15) is 39.3 Å².